The molecule has 5 nitrogen and oxygen atoms in total. The van der Waals surface area contributed by atoms with E-state index in [1.54, 1.807) is 0 Å². The van der Waals surface area contributed by atoms with Crippen molar-refractivity contribution in [1.82, 2.24) is 19.8 Å². The first-order valence-corrected chi connectivity index (χ1v) is 12.1. The third-order valence-corrected chi connectivity index (χ3v) is 6.45. The molecular formula is C29H33N5. The highest BCUT2D eigenvalue weighted by molar-refractivity contribution is 5.89. The standard InChI is InChI=1S/C29H33N5/c1-33(2)16-8-15-30-29-26-11-6-7-12-27(26)31-28(32-29)20-34(3)19-21-13-14-25-23(17-21)18-22-9-4-5-10-24(22)25/h4-7,9-14,17H,8,15-16,18-20H2,1-3H3,(H,30,31,32). The average molecular weight is 452 g/mol. The first kappa shape index (κ1) is 22.5. The number of fused-ring (bicyclic) bond motifs is 4. The second-order valence-corrected chi connectivity index (χ2v) is 9.59. The molecule has 0 aliphatic heterocycles. The van der Waals surface area contributed by atoms with E-state index in [4.69, 9.17) is 9.97 Å². The van der Waals surface area contributed by atoms with Crippen molar-refractivity contribution in [3.8, 4) is 11.1 Å². The highest BCUT2D eigenvalue weighted by atomic mass is 15.1. The van der Waals surface area contributed by atoms with Gasteiger partial charge in [-0.25, -0.2) is 9.97 Å². The van der Waals surface area contributed by atoms with Gasteiger partial charge in [0.05, 0.1) is 12.1 Å². The Morgan fingerprint density at radius 2 is 1.62 bits per heavy atom. The van der Waals surface area contributed by atoms with Gasteiger partial charge in [0, 0.05) is 18.5 Å². The minimum Gasteiger partial charge on any atom is -0.369 e. The molecule has 0 saturated carbocycles. The van der Waals surface area contributed by atoms with Crippen LogP contribution in [0.25, 0.3) is 22.0 Å². The largest absolute Gasteiger partial charge is 0.369 e. The van der Waals surface area contributed by atoms with Crippen LogP contribution in [0.2, 0.25) is 0 Å². The monoisotopic (exact) mass is 451 g/mol. The zero-order valence-electron chi connectivity index (χ0n) is 20.4. The molecule has 0 saturated heterocycles. The summed E-state index contributed by atoms with van der Waals surface area (Å²) < 4.78 is 0. The van der Waals surface area contributed by atoms with Crippen molar-refractivity contribution in [2.45, 2.75) is 25.9 Å². The molecule has 1 N–H and O–H groups in total. The normalized spacial score (nSPS) is 12.4. The molecule has 0 spiro atoms. The molecule has 5 heteroatoms. The number of nitrogens with one attached hydrogen (secondary N) is 1. The summed E-state index contributed by atoms with van der Waals surface area (Å²) in [6.07, 6.45) is 2.10. The van der Waals surface area contributed by atoms with Crippen molar-refractivity contribution in [2.75, 3.05) is 39.5 Å². The van der Waals surface area contributed by atoms with E-state index < -0.39 is 0 Å². The quantitative estimate of drug-likeness (QED) is 0.312. The first-order chi connectivity index (χ1) is 16.6. The fraction of sp³-hybridized carbons (Fsp3) is 0.310. The van der Waals surface area contributed by atoms with Crippen LogP contribution in [0, 0.1) is 0 Å². The zero-order chi connectivity index (χ0) is 23.5. The van der Waals surface area contributed by atoms with Gasteiger partial charge in [-0.1, -0.05) is 54.6 Å². The Kier molecular flexibility index (Phi) is 6.57. The summed E-state index contributed by atoms with van der Waals surface area (Å²) in [6.45, 7) is 3.52. The predicted molar refractivity (Wildman–Crippen MR) is 141 cm³/mol. The summed E-state index contributed by atoms with van der Waals surface area (Å²) in [7, 11) is 6.35. The van der Waals surface area contributed by atoms with Crippen molar-refractivity contribution in [2.24, 2.45) is 0 Å². The molecule has 0 amide bonds. The fourth-order valence-corrected chi connectivity index (χ4v) is 4.84. The lowest BCUT2D eigenvalue weighted by Gasteiger charge is -2.18. The number of hydrogen-bond donors (Lipinski definition) is 1. The van der Waals surface area contributed by atoms with Crippen molar-refractivity contribution in [1.29, 1.82) is 0 Å². The van der Waals surface area contributed by atoms with Crippen LogP contribution < -0.4 is 5.32 Å². The number of rotatable bonds is 9. The Morgan fingerprint density at radius 3 is 2.50 bits per heavy atom. The minimum absolute atomic E-state index is 0.703. The molecule has 1 aromatic heterocycles. The van der Waals surface area contributed by atoms with E-state index in [0.29, 0.717) is 6.54 Å². The predicted octanol–water partition coefficient (Wildman–Crippen LogP) is 5.20. The van der Waals surface area contributed by atoms with E-state index in [2.05, 4.69) is 96.9 Å². The summed E-state index contributed by atoms with van der Waals surface area (Å²) in [5.41, 5.74) is 7.94. The van der Waals surface area contributed by atoms with Crippen LogP contribution in [0.5, 0.6) is 0 Å². The Balaban J connectivity index is 1.29. The van der Waals surface area contributed by atoms with Gasteiger partial charge in [-0.3, -0.25) is 4.90 Å². The number of hydrogen-bond acceptors (Lipinski definition) is 5. The van der Waals surface area contributed by atoms with Gasteiger partial charge in [-0.2, -0.15) is 0 Å². The van der Waals surface area contributed by atoms with Crippen LogP contribution >= 0.6 is 0 Å². The summed E-state index contributed by atoms with van der Waals surface area (Å²) in [5.74, 6) is 1.79. The molecule has 0 fully saturated rings. The number of para-hydroxylation sites is 1. The first-order valence-electron chi connectivity index (χ1n) is 12.1. The second kappa shape index (κ2) is 9.92. The zero-order valence-corrected chi connectivity index (χ0v) is 20.4. The third-order valence-electron chi connectivity index (χ3n) is 6.45. The molecule has 34 heavy (non-hydrogen) atoms. The van der Waals surface area contributed by atoms with Gasteiger partial charge in [-0.15, -0.1) is 0 Å². The topological polar surface area (TPSA) is 44.3 Å². The summed E-state index contributed by atoms with van der Waals surface area (Å²) in [6, 6.07) is 23.9. The molecule has 0 radical (unpaired) electrons. The van der Waals surface area contributed by atoms with E-state index >= 15 is 0 Å². The lowest BCUT2D eigenvalue weighted by atomic mass is 10.0. The van der Waals surface area contributed by atoms with E-state index in [0.717, 1.165) is 55.0 Å². The van der Waals surface area contributed by atoms with Crippen LogP contribution in [0.4, 0.5) is 5.82 Å². The Bertz CT molecular complexity index is 1300. The third kappa shape index (κ3) is 4.96. The molecule has 174 valence electrons. The number of aromatic nitrogens is 2. The Morgan fingerprint density at radius 1 is 0.824 bits per heavy atom. The molecule has 5 rings (SSSR count). The SMILES string of the molecule is CN(C)CCCNc1nc(CN(C)Cc2ccc3c(c2)Cc2ccccc2-3)nc2ccccc12. The lowest BCUT2D eigenvalue weighted by molar-refractivity contribution is 0.311. The van der Waals surface area contributed by atoms with Crippen LogP contribution in [0.15, 0.2) is 66.7 Å². The van der Waals surface area contributed by atoms with Gasteiger partial charge in [0.15, 0.2) is 0 Å². The summed E-state index contributed by atoms with van der Waals surface area (Å²) >= 11 is 0. The molecule has 1 aliphatic carbocycles. The maximum absolute atomic E-state index is 4.91. The van der Waals surface area contributed by atoms with Gasteiger partial charge >= 0.3 is 0 Å². The van der Waals surface area contributed by atoms with Gasteiger partial charge in [-0.05, 0) is 80.5 Å². The molecule has 0 atom stereocenters. The van der Waals surface area contributed by atoms with Crippen LogP contribution in [0.3, 0.4) is 0 Å². The van der Waals surface area contributed by atoms with E-state index in [1.807, 2.05) is 6.07 Å². The lowest BCUT2D eigenvalue weighted by Crippen LogP contribution is -2.20. The second-order valence-electron chi connectivity index (χ2n) is 9.59. The van der Waals surface area contributed by atoms with Gasteiger partial charge in [0.2, 0.25) is 0 Å². The molecule has 1 heterocycles. The maximum Gasteiger partial charge on any atom is 0.145 e. The summed E-state index contributed by atoms with van der Waals surface area (Å²) in [4.78, 5) is 14.3. The van der Waals surface area contributed by atoms with Gasteiger partial charge < -0.3 is 10.2 Å². The van der Waals surface area contributed by atoms with Crippen molar-refractivity contribution < 1.29 is 0 Å². The molecule has 0 unspecified atom stereocenters. The van der Waals surface area contributed by atoms with Gasteiger partial charge in [0.25, 0.3) is 0 Å². The molecule has 4 aromatic rings. The average Bonchev–Trinajstić information content (AvgIpc) is 3.19. The Hall–Kier alpha value is -3.28. The molecule has 0 bridgehead atoms. The number of anilines is 1. The smallest absolute Gasteiger partial charge is 0.145 e. The number of benzene rings is 3. The van der Waals surface area contributed by atoms with Crippen molar-refractivity contribution >= 4 is 16.7 Å². The van der Waals surface area contributed by atoms with E-state index in [9.17, 15) is 0 Å². The molecule has 1 aliphatic rings. The summed E-state index contributed by atoms with van der Waals surface area (Å²) in [5, 5.41) is 4.63. The van der Waals surface area contributed by atoms with Gasteiger partial charge in [0.1, 0.15) is 11.6 Å². The fourth-order valence-electron chi connectivity index (χ4n) is 4.84. The van der Waals surface area contributed by atoms with Crippen LogP contribution in [0.1, 0.15) is 28.9 Å². The highest BCUT2D eigenvalue weighted by Gasteiger charge is 2.18. The van der Waals surface area contributed by atoms with Crippen LogP contribution in [-0.2, 0) is 19.5 Å². The van der Waals surface area contributed by atoms with Crippen molar-refractivity contribution in [3.05, 3.63) is 89.2 Å². The number of nitrogens with zero attached hydrogens (tertiary/aromatic N) is 4. The molecule has 3 aromatic carbocycles. The minimum atomic E-state index is 0.703. The maximum atomic E-state index is 4.91. The highest BCUT2D eigenvalue weighted by Crippen LogP contribution is 2.36. The Labute approximate surface area is 202 Å². The van der Waals surface area contributed by atoms with Crippen molar-refractivity contribution in [3.63, 3.8) is 0 Å². The van der Waals surface area contributed by atoms with E-state index in [-0.39, 0.29) is 0 Å². The van der Waals surface area contributed by atoms with Crippen LogP contribution in [-0.4, -0.2) is 54.0 Å². The molecular weight excluding hydrogens is 418 g/mol. The van der Waals surface area contributed by atoms with E-state index in [1.165, 1.54) is 27.8 Å².